The number of rotatable bonds is 5. The maximum atomic E-state index is 12.2. The van der Waals surface area contributed by atoms with Crippen molar-refractivity contribution in [3.63, 3.8) is 0 Å². The quantitative estimate of drug-likeness (QED) is 0.455. The molecule has 2 aromatic carbocycles. The average Bonchev–Trinajstić information content (AvgIpc) is 3.34. The number of amides is 1. The molecule has 4 nitrogen and oxygen atoms in total. The number of hydrazone groups is 1. The summed E-state index contributed by atoms with van der Waals surface area (Å²) in [6, 6.07) is 18.8. The molecule has 0 radical (unpaired) electrons. The molecule has 0 aliphatic heterocycles. The van der Waals surface area contributed by atoms with Gasteiger partial charge in [0.25, 0.3) is 0 Å². The summed E-state index contributed by atoms with van der Waals surface area (Å²) in [5.41, 5.74) is 4.52. The van der Waals surface area contributed by atoms with Crippen LogP contribution in [0.2, 0.25) is 10.0 Å². The van der Waals surface area contributed by atoms with Crippen LogP contribution in [-0.4, -0.2) is 12.1 Å². The highest BCUT2D eigenvalue weighted by atomic mass is 35.5. The first-order chi connectivity index (χ1) is 13.1. The predicted octanol–water partition coefficient (Wildman–Crippen LogP) is 5.51. The standard InChI is InChI=1S/C21H16Cl2N2O2/c22-14-6-8-16(19(23)10-14)20-9-7-15(27-20)12-24-25-21(26)18-11-17(18)13-4-2-1-3-5-13/h1-10,12,17-18H,11H2,(H,25,26)/b24-12-/t17-,18+/m0/s1. The van der Waals surface area contributed by atoms with E-state index in [-0.39, 0.29) is 17.7 Å². The van der Waals surface area contributed by atoms with Gasteiger partial charge in [-0.05, 0) is 48.2 Å². The van der Waals surface area contributed by atoms with Crippen LogP contribution in [0.3, 0.4) is 0 Å². The molecule has 1 heterocycles. The molecule has 0 unspecified atom stereocenters. The molecule has 1 N–H and O–H groups in total. The highest BCUT2D eigenvalue weighted by Crippen LogP contribution is 2.47. The van der Waals surface area contributed by atoms with E-state index in [4.69, 9.17) is 27.6 Å². The molecule has 1 aliphatic rings. The molecule has 1 amide bonds. The maximum absolute atomic E-state index is 12.2. The fourth-order valence-corrected chi connectivity index (χ4v) is 3.55. The number of hydrogen-bond acceptors (Lipinski definition) is 3. The van der Waals surface area contributed by atoms with E-state index in [1.807, 2.05) is 30.3 Å². The number of furan rings is 1. The number of nitrogens with zero attached hydrogens (tertiary/aromatic N) is 1. The smallest absolute Gasteiger partial charge is 0.243 e. The molecular formula is C21H16Cl2N2O2. The Bertz CT molecular complexity index is 998. The van der Waals surface area contributed by atoms with E-state index in [1.54, 1.807) is 30.3 Å². The summed E-state index contributed by atoms with van der Waals surface area (Å²) in [7, 11) is 0. The predicted molar refractivity (Wildman–Crippen MR) is 107 cm³/mol. The fraction of sp³-hybridized carbons (Fsp3) is 0.143. The Kier molecular flexibility index (Phi) is 5.01. The topological polar surface area (TPSA) is 54.6 Å². The summed E-state index contributed by atoms with van der Waals surface area (Å²) in [6.45, 7) is 0. The molecule has 1 fully saturated rings. The van der Waals surface area contributed by atoms with Crippen LogP contribution >= 0.6 is 23.2 Å². The molecule has 6 heteroatoms. The first-order valence-corrected chi connectivity index (χ1v) is 9.30. The van der Waals surface area contributed by atoms with Gasteiger partial charge in [0.05, 0.1) is 11.2 Å². The number of benzene rings is 2. The Morgan fingerprint density at radius 2 is 1.93 bits per heavy atom. The summed E-state index contributed by atoms with van der Waals surface area (Å²) in [4.78, 5) is 12.2. The molecule has 27 heavy (non-hydrogen) atoms. The van der Waals surface area contributed by atoms with Crippen LogP contribution in [-0.2, 0) is 4.79 Å². The zero-order chi connectivity index (χ0) is 18.8. The van der Waals surface area contributed by atoms with Crippen molar-refractivity contribution in [2.75, 3.05) is 0 Å². The lowest BCUT2D eigenvalue weighted by Crippen LogP contribution is -2.20. The van der Waals surface area contributed by atoms with Crippen LogP contribution in [0, 0.1) is 5.92 Å². The molecule has 0 bridgehead atoms. The lowest BCUT2D eigenvalue weighted by molar-refractivity contribution is -0.122. The summed E-state index contributed by atoms with van der Waals surface area (Å²) in [5.74, 6) is 1.31. The summed E-state index contributed by atoms with van der Waals surface area (Å²) in [5, 5.41) is 5.07. The largest absolute Gasteiger partial charge is 0.455 e. The molecular weight excluding hydrogens is 383 g/mol. The minimum Gasteiger partial charge on any atom is -0.455 e. The van der Waals surface area contributed by atoms with Gasteiger partial charge in [0.1, 0.15) is 11.5 Å². The van der Waals surface area contributed by atoms with Crippen molar-refractivity contribution in [2.24, 2.45) is 11.0 Å². The van der Waals surface area contributed by atoms with Crippen LogP contribution in [0.5, 0.6) is 0 Å². The zero-order valence-electron chi connectivity index (χ0n) is 14.2. The van der Waals surface area contributed by atoms with Gasteiger partial charge in [-0.1, -0.05) is 53.5 Å². The lowest BCUT2D eigenvalue weighted by atomic mass is 10.1. The number of carbonyl (C=O) groups is 1. The van der Waals surface area contributed by atoms with E-state index in [9.17, 15) is 4.79 Å². The fourth-order valence-electron chi connectivity index (χ4n) is 3.05. The Morgan fingerprint density at radius 3 is 2.70 bits per heavy atom. The van der Waals surface area contributed by atoms with Gasteiger partial charge in [-0.25, -0.2) is 5.43 Å². The first-order valence-electron chi connectivity index (χ1n) is 8.55. The molecule has 0 saturated heterocycles. The molecule has 0 spiro atoms. The summed E-state index contributed by atoms with van der Waals surface area (Å²) in [6.07, 6.45) is 2.33. The molecule has 2 atom stereocenters. The second-order valence-electron chi connectivity index (χ2n) is 6.42. The van der Waals surface area contributed by atoms with Gasteiger partial charge in [-0.2, -0.15) is 5.10 Å². The van der Waals surface area contributed by atoms with E-state index < -0.39 is 0 Å². The Balaban J connectivity index is 1.36. The second kappa shape index (κ2) is 7.59. The highest BCUT2D eigenvalue weighted by molar-refractivity contribution is 6.36. The normalized spacial score (nSPS) is 18.6. The molecule has 1 saturated carbocycles. The van der Waals surface area contributed by atoms with Crippen LogP contribution in [0.25, 0.3) is 11.3 Å². The monoisotopic (exact) mass is 398 g/mol. The van der Waals surface area contributed by atoms with Gasteiger partial charge in [0.15, 0.2) is 0 Å². The third-order valence-corrected chi connectivity index (χ3v) is 5.09. The van der Waals surface area contributed by atoms with Gasteiger partial charge in [-0.3, -0.25) is 4.79 Å². The van der Waals surface area contributed by atoms with Crippen LogP contribution in [0.1, 0.15) is 23.7 Å². The SMILES string of the molecule is O=C(N/N=C\c1ccc(-c2ccc(Cl)cc2Cl)o1)[C@@H]1C[C@H]1c1ccccc1. The molecule has 1 aromatic heterocycles. The van der Waals surface area contributed by atoms with Crippen LogP contribution in [0.4, 0.5) is 0 Å². The van der Waals surface area contributed by atoms with E-state index in [0.29, 0.717) is 21.6 Å². The number of halogens is 2. The van der Waals surface area contributed by atoms with Gasteiger partial charge in [0.2, 0.25) is 5.91 Å². The summed E-state index contributed by atoms with van der Waals surface area (Å²) < 4.78 is 5.71. The van der Waals surface area contributed by atoms with Gasteiger partial charge >= 0.3 is 0 Å². The van der Waals surface area contributed by atoms with Crippen LogP contribution < -0.4 is 5.43 Å². The number of nitrogens with one attached hydrogen (secondary N) is 1. The molecule has 136 valence electrons. The number of hydrogen-bond donors (Lipinski definition) is 1. The molecule has 3 aromatic rings. The minimum atomic E-state index is -0.0763. The third-order valence-electron chi connectivity index (χ3n) is 4.54. The summed E-state index contributed by atoms with van der Waals surface area (Å²) >= 11 is 12.1. The van der Waals surface area contributed by atoms with Gasteiger partial charge < -0.3 is 4.42 Å². The van der Waals surface area contributed by atoms with Crippen molar-refractivity contribution in [1.82, 2.24) is 5.43 Å². The first kappa shape index (κ1) is 17.8. The van der Waals surface area contributed by atoms with E-state index in [1.165, 1.54) is 11.8 Å². The van der Waals surface area contributed by atoms with Crippen molar-refractivity contribution >= 4 is 35.3 Å². The zero-order valence-corrected chi connectivity index (χ0v) is 15.7. The van der Waals surface area contributed by atoms with E-state index in [0.717, 1.165) is 12.0 Å². The number of carbonyl (C=O) groups excluding carboxylic acids is 1. The highest BCUT2D eigenvalue weighted by Gasteiger charge is 2.43. The lowest BCUT2D eigenvalue weighted by Gasteiger charge is -2.01. The Labute approximate surface area is 166 Å². The molecule has 4 rings (SSSR count). The van der Waals surface area contributed by atoms with Crippen molar-refractivity contribution < 1.29 is 9.21 Å². The van der Waals surface area contributed by atoms with Crippen molar-refractivity contribution in [3.8, 4) is 11.3 Å². The molecule has 1 aliphatic carbocycles. The van der Waals surface area contributed by atoms with Crippen molar-refractivity contribution in [1.29, 1.82) is 0 Å². The Morgan fingerprint density at radius 1 is 1.11 bits per heavy atom. The Hall–Kier alpha value is -2.56. The average molecular weight is 399 g/mol. The third kappa shape index (κ3) is 4.07. The van der Waals surface area contributed by atoms with Gasteiger partial charge in [0, 0.05) is 16.5 Å². The van der Waals surface area contributed by atoms with Crippen LogP contribution in [0.15, 0.2) is 70.2 Å². The van der Waals surface area contributed by atoms with Crippen molar-refractivity contribution in [3.05, 3.63) is 82.0 Å². The van der Waals surface area contributed by atoms with Gasteiger partial charge in [-0.15, -0.1) is 0 Å². The van der Waals surface area contributed by atoms with Crippen molar-refractivity contribution in [2.45, 2.75) is 12.3 Å². The minimum absolute atomic E-state index is 0.0235. The van der Waals surface area contributed by atoms with E-state index >= 15 is 0 Å². The second-order valence-corrected chi connectivity index (χ2v) is 7.26. The van der Waals surface area contributed by atoms with E-state index in [2.05, 4.69) is 10.5 Å². The maximum Gasteiger partial charge on any atom is 0.243 e.